The molecule has 31 heavy (non-hydrogen) atoms. The van der Waals surface area contributed by atoms with Gasteiger partial charge >= 0.3 is 0 Å². The summed E-state index contributed by atoms with van der Waals surface area (Å²) in [6, 6.07) is 14.8. The Bertz CT molecular complexity index is 1090. The lowest BCUT2D eigenvalue weighted by molar-refractivity contribution is -0.384. The van der Waals surface area contributed by atoms with Crippen LogP contribution in [-0.4, -0.2) is 38.6 Å². The van der Waals surface area contributed by atoms with E-state index in [9.17, 15) is 19.7 Å². The Morgan fingerprint density at radius 3 is 2.48 bits per heavy atom. The van der Waals surface area contributed by atoms with E-state index in [-0.39, 0.29) is 23.2 Å². The van der Waals surface area contributed by atoms with Crippen LogP contribution in [0.3, 0.4) is 0 Å². The summed E-state index contributed by atoms with van der Waals surface area (Å²) in [7, 11) is 0. The number of non-ortho nitro benzene ring substituents is 1. The van der Waals surface area contributed by atoms with E-state index in [4.69, 9.17) is 0 Å². The Morgan fingerprint density at radius 1 is 1.13 bits per heavy atom. The van der Waals surface area contributed by atoms with Gasteiger partial charge in [-0.05, 0) is 30.5 Å². The van der Waals surface area contributed by atoms with Gasteiger partial charge in [0, 0.05) is 30.8 Å². The van der Waals surface area contributed by atoms with Gasteiger partial charge in [0.15, 0.2) is 0 Å². The molecule has 1 aliphatic rings. The van der Waals surface area contributed by atoms with Crippen LogP contribution in [0.4, 0.5) is 5.69 Å². The summed E-state index contributed by atoms with van der Waals surface area (Å²) < 4.78 is 1.45. The highest BCUT2D eigenvalue weighted by atomic mass is 16.6. The molecular formula is C22H21N5O4. The van der Waals surface area contributed by atoms with Crippen molar-refractivity contribution in [2.45, 2.75) is 31.3 Å². The van der Waals surface area contributed by atoms with Crippen LogP contribution >= 0.6 is 0 Å². The fourth-order valence-corrected chi connectivity index (χ4v) is 3.14. The van der Waals surface area contributed by atoms with Gasteiger partial charge in [-0.25, -0.2) is 4.68 Å². The van der Waals surface area contributed by atoms with Gasteiger partial charge in [0.05, 0.1) is 22.4 Å². The van der Waals surface area contributed by atoms with Crippen molar-refractivity contribution in [2.75, 3.05) is 0 Å². The zero-order valence-corrected chi connectivity index (χ0v) is 16.6. The third-order valence-corrected chi connectivity index (χ3v) is 5.00. The second-order valence-electron chi connectivity index (χ2n) is 7.45. The average molecular weight is 419 g/mol. The molecule has 9 heteroatoms. The average Bonchev–Trinajstić information content (AvgIpc) is 3.45. The highest BCUT2D eigenvalue weighted by molar-refractivity contribution is 5.97. The molecule has 1 atom stereocenters. The van der Waals surface area contributed by atoms with Crippen molar-refractivity contribution in [1.29, 1.82) is 0 Å². The van der Waals surface area contributed by atoms with E-state index < -0.39 is 16.9 Å². The van der Waals surface area contributed by atoms with E-state index in [2.05, 4.69) is 15.7 Å². The van der Waals surface area contributed by atoms with Crippen LogP contribution < -0.4 is 10.6 Å². The van der Waals surface area contributed by atoms with Gasteiger partial charge in [0.2, 0.25) is 5.91 Å². The van der Waals surface area contributed by atoms with Gasteiger partial charge in [-0.1, -0.05) is 30.3 Å². The van der Waals surface area contributed by atoms with Crippen LogP contribution in [0.5, 0.6) is 0 Å². The number of nitro groups is 1. The number of carbonyl (C=O) groups excluding carboxylic acids is 2. The number of benzene rings is 2. The highest BCUT2D eigenvalue weighted by Gasteiger charge is 2.29. The molecule has 0 saturated heterocycles. The summed E-state index contributed by atoms with van der Waals surface area (Å²) in [5.41, 5.74) is 1.78. The fourth-order valence-electron chi connectivity index (χ4n) is 3.14. The minimum atomic E-state index is -0.710. The third kappa shape index (κ3) is 5.13. The van der Waals surface area contributed by atoms with Crippen molar-refractivity contribution in [3.63, 3.8) is 0 Å². The van der Waals surface area contributed by atoms with Gasteiger partial charge in [-0.2, -0.15) is 5.10 Å². The molecule has 2 amide bonds. The Morgan fingerprint density at radius 2 is 1.84 bits per heavy atom. The predicted octanol–water partition coefficient (Wildman–Crippen LogP) is 2.40. The zero-order valence-electron chi connectivity index (χ0n) is 16.6. The number of carbonyl (C=O) groups is 2. The summed E-state index contributed by atoms with van der Waals surface area (Å²) >= 11 is 0. The number of amides is 2. The molecule has 0 spiro atoms. The number of aromatic nitrogens is 2. The van der Waals surface area contributed by atoms with E-state index in [1.165, 1.54) is 29.2 Å². The molecule has 1 heterocycles. The number of rotatable bonds is 8. The minimum absolute atomic E-state index is 0.0284. The number of nitro benzene ring substituents is 1. The molecule has 0 radical (unpaired) electrons. The monoisotopic (exact) mass is 419 g/mol. The Balaban J connectivity index is 1.47. The summed E-state index contributed by atoms with van der Waals surface area (Å²) in [5, 5.41) is 20.7. The molecule has 158 valence electrons. The SMILES string of the molecule is O=C(NC(Cc1ccccc1)C(=O)NC1CC1)c1cnn(-c2ccc([N+](=O)[O-])cc2)c1. The predicted molar refractivity (Wildman–Crippen MR) is 113 cm³/mol. The first-order chi connectivity index (χ1) is 15.0. The maximum Gasteiger partial charge on any atom is 0.269 e. The lowest BCUT2D eigenvalue weighted by Gasteiger charge is -2.18. The second-order valence-corrected chi connectivity index (χ2v) is 7.45. The molecule has 1 aliphatic carbocycles. The normalized spacial score (nSPS) is 13.9. The number of hydrogen-bond acceptors (Lipinski definition) is 5. The molecular weight excluding hydrogens is 398 g/mol. The molecule has 1 saturated carbocycles. The van der Waals surface area contributed by atoms with Crippen LogP contribution in [0, 0.1) is 10.1 Å². The second kappa shape index (κ2) is 8.78. The van der Waals surface area contributed by atoms with Crippen molar-refractivity contribution >= 4 is 17.5 Å². The molecule has 2 aromatic carbocycles. The largest absolute Gasteiger partial charge is 0.352 e. The van der Waals surface area contributed by atoms with E-state index in [1.54, 1.807) is 12.1 Å². The fraction of sp³-hybridized carbons (Fsp3) is 0.227. The summed E-state index contributed by atoms with van der Waals surface area (Å²) in [6.45, 7) is 0. The van der Waals surface area contributed by atoms with Gasteiger partial charge in [-0.15, -0.1) is 0 Å². The molecule has 1 aromatic heterocycles. The molecule has 4 rings (SSSR count). The van der Waals surface area contributed by atoms with Crippen LogP contribution in [0.15, 0.2) is 67.0 Å². The smallest absolute Gasteiger partial charge is 0.269 e. The molecule has 0 aliphatic heterocycles. The molecule has 3 aromatic rings. The van der Waals surface area contributed by atoms with Crippen molar-refractivity contribution in [3.8, 4) is 5.69 Å². The maximum atomic E-state index is 12.8. The molecule has 1 unspecified atom stereocenters. The van der Waals surface area contributed by atoms with E-state index >= 15 is 0 Å². The van der Waals surface area contributed by atoms with Crippen LogP contribution in [-0.2, 0) is 11.2 Å². The highest BCUT2D eigenvalue weighted by Crippen LogP contribution is 2.19. The molecule has 9 nitrogen and oxygen atoms in total. The van der Waals surface area contributed by atoms with Crippen LogP contribution in [0.2, 0.25) is 0 Å². The Hall–Kier alpha value is -4.01. The quantitative estimate of drug-likeness (QED) is 0.429. The lowest BCUT2D eigenvalue weighted by atomic mass is 10.0. The standard InChI is InChI=1S/C22H21N5O4/c28-21(16-13-23-26(14-16)18-8-10-19(11-9-18)27(30)31)25-20(22(29)24-17-6-7-17)12-15-4-2-1-3-5-15/h1-5,8-11,13-14,17,20H,6-7,12H2,(H,24,29)(H,25,28). The first kappa shape index (κ1) is 20.3. The summed E-state index contributed by atoms with van der Waals surface area (Å²) in [4.78, 5) is 35.8. The summed E-state index contributed by atoms with van der Waals surface area (Å²) in [6.07, 6.45) is 5.21. The van der Waals surface area contributed by atoms with Crippen molar-refractivity contribution in [3.05, 3.63) is 88.2 Å². The number of hydrogen-bond donors (Lipinski definition) is 2. The van der Waals surface area contributed by atoms with Crippen molar-refractivity contribution in [2.24, 2.45) is 0 Å². The first-order valence-electron chi connectivity index (χ1n) is 9.94. The van der Waals surface area contributed by atoms with Gasteiger partial charge in [0.1, 0.15) is 6.04 Å². The van der Waals surface area contributed by atoms with Gasteiger partial charge in [-0.3, -0.25) is 19.7 Å². The van der Waals surface area contributed by atoms with Crippen LogP contribution in [0.1, 0.15) is 28.8 Å². The van der Waals surface area contributed by atoms with E-state index in [1.807, 2.05) is 30.3 Å². The Kier molecular flexibility index (Phi) is 5.74. The zero-order chi connectivity index (χ0) is 21.8. The van der Waals surface area contributed by atoms with Gasteiger partial charge < -0.3 is 10.6 Å². The molecule has 2 N–H and O–H groups in total. The lowest BCUT2D eigenvalue weighted by Crippen LogP contribution is -2.48. The molecule has 0 bridgehead atoms. The molecule has 1 fully saturated rings. The number of nitrogens with zero attached hydrogens (tertiary/aromatic N) is 3. The first-order valence-corrected chi connectivity index (χ1v) is 9.94. The Labute approximate surface area is 178 Å². The third-order valence-electron chi connectivity index (χ3n) is 5.00. The minimum Gasteiger partial charge on any atom is -0.352 e. The van der Waals surface area contributed by atoms with Crippen molar-refractivity contribution < 1.29 is 14.5 Å². The van der Waals surface area contributed by atoms with Gasteiger partial charge in [0.25, 0.3) is 11.6 Å². The summed E-state index contributed by atoms with van der Waals surface area (Å²) in [5.74, 6) is -0.623. The van der Waals surface area contributed by atoms with Crippen molar-refractivity contribution in [1.82, 2.24) is 20.4 Å². The van der Waals surface area contributed by atoms with E-state index in [0.717, 1.165) is 18.4 Å². The maximum absolute atomic E-state index is 12.8. The van der Waals surface area contributed by atoms with E-state index in [0.29, 0.717) is 12.1 Å². The van der Waals surface area contributed by atoms with Crippen LogP contribution in [0.25, 0.3) is 5.69 Å². The number of nitrogens with one attached hydrogen (secondary N) is 2. The topological polar surface area (TPSA) is 119 Å².